The number of carbonyl (C=O) groups is 2. The molecular formula is C30H28F2N6O2. The highest BCUT2D eigenvalue weighted by molar-refractivity contribution is 6.01. The van der Waals surface area contributed by atoms with Gasteiger partial charge in [0.1, 0.15) is 11.3 Å². The molecule has 1 atom stereocenters. The number of anilines is 1. The standard InChI is InChI=1S/C30H28F2N6O2/c1-17(2)38-27-8-5-21(14-26(27)36-37-38)28(39)15-22(11-18-4-7-24(31)25(32)13-18)30(40)35-16-19-3-6-23-20(12-19)9-10-34-29(23)33/h3-10,12-14,17,22H,11,15-16H2,1-2H3,(H2,33,34)(H,35,40)/t22-/m1/s1. The normalized spacial score (nSPS) is 12.2. The molecule has 0 saturated heterocycles. The second-order valence-corrected chi connectivity index (χ2v) is 10.1. The number of nitrogen functional groups attached to an aromatic ring is 1. The van der Waals surface area contributed by atoms with E-state index in [0.29, 0.717) is 22.5 Å². The van der Waals surface area contributed by atoms with Gasteiger partial charge in [-0.3, -0.25) is 9.59 Å². The molecule has 0 saturated carbocycles. The lowest BCUT2D eigenvalue weighted by Gasteiger charge is -2.17. The van der Waals surface area contributed by atoms with Gasteiger partial charge in [-0.15, -0.1) is 5.10 Å². The molecule has 1 amide bonds. The highest BCUT2D eigenvalue weighted by Gasteiger charge is 2.24. The number of fused-ring (bicyclic) bond motifs is 2. The van der Waals surface area contributed by atoms with E-state index in [1.807, 2.05) is 38.1 Å². The number of ketones is 1. The summed E-state index contributed by atoms with van der Waals surface area (Å²) in [4.78, 5) is 30.8. The lowest BCUT2D eigenvalue weighted by atomic mass is 9.91. The number of aromatic nitrogens is 4. The second kappa shape index (κ2) is 11.2. The molecule has 3 N–H and O–H groups in total. The van der Waals surface area contributed by atoms with Crippen LogP contribution in [0.4, 0.5) is 14.6 Å². The van der Waals surface area contributed by atoms with Gasteiger partial charge in [0.15, 0.2) is 17.4 Å². The Balaban J connectivity index is 1.36. The quantitative estimate of drug-likeness (QED) is 0.248. The molecule has 2 heterocycles. The molecule has 0 bridgehead atoms. The van der Waals surface area contributed by atoms with E-state index < -0.39 is 17.6 Å². The van der Waals surface area contributed by atoms with E-state index in [1.165, 1.54) is 6.07 Å². The summed E-state index contributed by atoms with van der Waals surface area (Å²) >= 11 is 0. The number of nitrogens with zero attached hydrogens (tertiary/aromatic N) is 4. The van der Waals surface area contributed by atoms with Crippen molar-refractivity contribution in [3.63, 3.8) is 0 Å². The van der Waals surface area contributed by atoms with Crippen molar-refractivity contribution in [1.82, 2.24) is 25.3 Å². The summed E-state index contributed by atoms with van der Waals surface area (Å²) in [5.74, 6) is -3.03. The molecule has 10 heteroatoms. The largest absolute Gasteiger partial charge is 0.383 e. The fourth-order valence-electron chi connectivity index (χ4n) is 4.74. The molecule has 40 heavy (non-hydrogen) atoms. The van der Waals surface area contributed by atoms with Gasteiger partial charge in [-0.1, -0.05) is 23.4 Å². The van der Waals surface area contributed by atoms with E-state index in [4.69, 9.17) is 5.73 Å². The molecule has 204 valence electrons. The van der Waals surface area contributed by atoms with E-state index in [0.717, 1.165) is 34.0 Å². The van der Waals surface area contributed by atoms with Crippen LogP contribution in [0.25, 0.3) is 21.8 Å². The SMILES string of the molecule is CC(C)n1nnc2cc(C(=O)C[C@@H](Cc3ccc(F)c(F)c3)C(=O)NCc3ccc4c(N)nccc4c3)ccc21. The molecule has 0 aliphatic heterocycles. The van der Waals surface area contributed by atoms with Crippen molar-refractivity contribution in [2.24, 2.45) is 5.92 Å². The molecule has 2 aromatic heterocycles. The Bertz CT molecular complexity index is 1730. The Kier molecular flexibility index (Phi) is 7.50. The summed E-state index contributed by atoms with van der Waals surface area (Å²) in [5.41, 5.74) is 8.95. The predicted octanol–water partition coefficient (Wildman–Crippen LogP) is 5.17. The molecular weight excluding hydrogens is 514 g/mol. The van der Waals surface area contributed by atoms with Gasteiger partial charge in [0.05, 0.1) is 5.52 Å². The Morgan fingerprint density at radius 1 is 0.975 bits per heavy atom. The van der Waals surface area contributed by atoms with E-state index in [1.54, 1.807) is 29.1 Å². The predicted molar refractivity (Wildman–Crippen MR) is 148 cm³/mol. The second-order valence-electron chi connectivity index (χ2n) is 10.1. The summed E-state index contributed by atoms with van der Waals surface area (Å²) < 4.78 is 29.2. The first-order valence-electron chi connectivity index (χ1n) is 12.9. The maximum atomic E-state index is 13.9. The topological polar surface area (TPSA) is 116 Å². The monoisotopic (exact) mass is 542 g/mol. The zero-order chi connectivity index (χ0) is 28.4. The molecule has 5 aromatic rings. The number of hydrogen-bond acceptors (Lipinski definition) is 6. The first kappa shape index (κ1) is 26.9. The maximum Gasteiger partial charge on any atom is 0.224 e. The van der Waals surface area contributed by atoms with Crippen molar-refractivity contribution in [2.45, 2.75) is 39.3 Å². The molecule has 0 aliphatic carbocycles. The van der Waals surface area contributed by atoms with Gasteiger partial charge in [0, 0.05) is 42.1 Å². The van der Waals surface area contributed by atoms with Crippen LogP contribution in [0.5, 0.6) is 0 Å². The third-order valence-corrected chi connectivity index (χ3v) is 6.88. The van der Waals surface area contributed by atoms with Crippen LogP contribution in [-0.4, -0.2) is 31.7 Å². The average Bonchev–Trinajstić information content (AvgIpc) is 3.37. The van der Waals surface area contributed by atoms with Gasteiger partial charge in [-0.2, -0.15) is 0 Å². The van der Waals surface area contributed by atoms with E-state index in [-0.39, 0.29) is 37.1 Å². The Hall–Kier alpha value is -4.73. The molecule has 0 unspecified atom stereocenters. The van der Waals surface area contributed by atoms with E-state index in [9.17, 15) is 18.4 Å². The van der Waals surface area contributed by atoms with Crippen molar-refractivity contribution >= 4 is 39.3 Å². The van der Waals surface area contributed by atoms with Crippen molar-refractivity contribution in [1.29, 1.82) is 0 Å². The number of nitrogens with two attached hydrogens (primary N) is 1. The smallest absolute Gasteiger partial charge is 0.224 e. The van der Waals surface area contributed by atoms with Crippen molar-refractivity contribution < 1.29 is 18.4 Å². The number of nitrogens with one attached hydrogen (secondary N) is 1. The zero-order valence-corrected chi connectivity index (χ0v) is 22.1. The van der Waals surface area contributed by atoms with Crippen LogP contribution in [0.3, 0.4) is 0 Å². The lowest BCUT2D eigenvalue weighted by Crippen LogP contribution is -2.33. The van der Waals surface area contributed by atoms with Crippen LogP contribution < -0.4 is 11.1 Å². The van der Waals surface area contributed by atoms with Crippen molar-refractivity contribution in [3.8, 4) is 0 Å². The molecule has 0 fully saturated rings. The number of hydrogen-bond donors (Lipinski definition) is 2. The molecule has 0 radical (unpaired) electrons. The van der Waals surface area contributed by atoms with Gasteiger partial charge in [0.2, 0.25) is 5.91 Å². The highest BCUT2D eigenvalue weighted by atomic mass is 19.2. The number of Topliss-reactive ketones (excluding diaryl/α,β-unsaturated/α-hetero) is 1. The minimum Gasteiger partial charge on any atom is -0.383 e. The number of benzene rings is 3. The lowest BCUT2D eigenvalue weighted by molar-refractivity contribution is -0.125. The van der Waals surface area contributed by atoms with Gasteiger partial charge in [-0.25, -0.2) is 18.4 Å². The Morgan fingerprint density at radius 3 is 2.55 bits per heavy atom. The van der Waals surface area contributed by atoms with Crippen LogP contribution in [0.15, 0.2) is 66.9 Å². The van der Waals surface area contributed by atoms with Crippen LogP contribution >= 0.6 is 0 Å². The number of halogens is 2. The maximum absolute atomic E-state index is 13.9. The van der Waals surface area contributed by atoms with E-state index in [2.05, 4.69) is 20.6 Å². The summed E-state index contributed by atoms with van der Waals surface area (Å²) in [7, 11) is 0. The summed E-state index contributed by atoms with van der Waals surface area (Å²) in [6.45, 7) is 4.18. The van der Waals surface area contributed by atoms with Gasteiger partial charge < -0.3 is 11.1 Å². The Labute approximate surface area is 229 Å². The minimum atomic E-state index is -1.01. The zero-order valence-electron chi connectivity index (χ0n) is 22.1. The summed E-state index contributed by atoms with van der Waals surface area (Å²) in [5, 5.41) is 12.9. The Morgan fingerprint density at radius 2 is 1.77 bits per heavy atom. The van der Waals surface area contributed by atoms with Crippen molar-refractivity contribution in [2.75, 3.05) is 5.73 Å². The first-order valence-corrected chi connectivity index (χ1v) is 12.9. The number of rotatable bonds is 9. The molecule has 0 spiro atoms. The summed E-state index contributed by atoms with van der Waals surface area (Å²) in [6, 6.07) is 16.1. The van der Waals surface area contributed by atoms with Gasteiger partial charge in [-0.05, 0) is 79.2 Å². The van der Waals surface area contributed by atoms with Gasteiger partial charge in [0.25, 0.3) is 0 Å². The fraction of sp³-hybridized carbons (Fsp3) is 0.233. The molecule has 3 aromatic carbocycles. The van der Waals surface area contributed by atoms with E-state index >= 15 is 0 Å². The van der Waals surface area contributed by atoms with Crippen LogP contribution in [0.2, 0.25) is 0 Å². The highest BCUT2D eigenvalue weighted by Crippen LogP contribution is 2.23. The van der Waals surface area contributed by atoms with Crippen molar-refractivity contribution in [3.05, 3.63) is 95.2 Å². The number of carbonyl (C=O) groups excluding carboxylic acids is 2. The first-order chi connectivity index (χ1) is 19.2. The van der Waals surface area contributed by atoms with Crippen LogP contribution in [0, 0.1) is 17.6 Å². The van der Waals surface area contributed by atoms with Crippen LogP contribution in [-0.2, 0) is 17.8 Å². The third kappa shape index (κ3) is 5.66. The third-order valence-electron chi connectivity index (χ3n) is 6.88. The molecule has 0 aliphatic rings. The molecule has 5 rings (SSSR count). The summed E-state index contributed by atoms with van der Waals surface area (Å²) in [6.07, 6.45) is 1.54. The fourth-order valence-corrected chi connectivity index (χ4v) is 4.74. The minimum absolute atomic E-state index is 0.0560. The van der Waals surface area contributed by atoms with Crippen LogP contribution in [0.1, 0.15) is 47.8 Å². The number of amides is 1. The van der Waals surface area contributed by atoms with Gasteiger partial charge >= 0.3 is 0 Å². The molecule has 8 nitrogen and oxygen atoms in total. The number of pyridine rings is 1. The average molecular weight is 543 g/mol.